The first-order valence-electron chi connectivity index (χ1n) is 10.1. The molecule has 0 radical (unpaired) electrons. The Balaban J connectivity index is 1.61. The fourth-order valence-electron chi connectivity index (χ4n) is 4.77. The highest BCUT2D eigenvalue weighted by molar-refractivity contribution is 5.84. The highest BCUT2D eigenvalue weighted by Gasteiger charge is 2.36. The van der Waals surface area contributed by atoms with Crippen LogP contribution in [0.2, 0.25) is 0 Å². The zero-order valence-electron chi connectivity index (χ0n) is 15.4. The molecule has 1 aromatic rings. The van der Waals surface area contributed by atoms with E-state index in [0.29, 0.717) is 25.7 Å². The maximum atomic E-state index is 13.5. The Bertz CT molecular complexity index is 641. The van der Waals surface area contributed by atoms with Crippen LogP contribution in [-0.4, -0.2) is 48.8 Å². The predicted octanol–water partition coefficient (Wildman–Crippen LogP) is 2.96. The van der Waals surface area contributed by atoms with E-state index in [-0.39, 0.29) is 24.3 Å². The molecule has 1 N–H and O–H groups in total. The minimum atomic E-state index is -0.106. The first kappa shape index (κ1) is 17.7. The third-order valence-corrected chi connectivity index (χ3v) is 6.15. The molecule has 2 aliphatic heterocycles. The van der Waals surface area contributed by atoms with Gasteiger partial charge in [-0.15, -0.1) is 0 Å². The first-order chi connectivity index (χ1) is 12.8. The summed E-state index contributed by atoms with van der Waals surface area (Å²) in [5.74, 6) is 2.28. The van der Waals surface area contributed by atoms with Gasteiger partial charge in [-0.3, -0.25) is 4.79 Å². The van der Waals surface area contributed by atoms with Crippen molar-refractivity contribution in [2.24, 2.45) is 11.8 Å². The van der Waals surface area contributed by atoms with E-state index < -0.39 is 0 Å². The van der Waals surface area contributed by atoms with Crippen LogP contribution < -0.4 is 9.47 Å². The molecule has 1 saturated heterocycles. The Labute approximate surface area is 155 Å². The van der Waals surface area contributed by atoms with Gasteiger partial charge in [0.25, 0.3) is 0 Å². The summed E-state index contributed by atoms with van der Waals surface area (Å²) in [6.07, 6.45) is 6.63. The van der Waals surface area contributed by atoms with Crippen LogP contribution in [0, 0.1) is 11.8 Å². The summed E-state index contributed by atoms with van der Waals surface area (Å²) < 4.78 is 11.4. The van der Waals surface area contributed by atoms with Crippen LogP contribution in [-0.2, 0) is 4.79 Å². The number of amides is 1. The van der Waals surface area contributed by atoms with Gasteiger partial charge in [0.05, 0.1) is 5.92 Å². The normalized spacial score (nSPS) is 24.5. The van der Waals surface area contributed by atoms with E-state index in [1.807, 2.05) is 23.1 Å². The van der Waals surface area contributed by atoms with Gasteiger partial charge < -0.3 is 19.5 Å². The second kappa shape index (κ2) is 7.87. The summed E-state index contributed by atoms with van der Waals surface area (Å²) in [4.78, 5) is 15.5. The largest absolute Gasteiger partial charge is 0.486 e. The van der Waals surface area contributed by atoms with Crippen molar-refractivity contribution in [2.75, 3.05) is 32.9 Å². The van der Waals surface area contributed by atoms with E-state index in [1.165, 1.54) is 12.8 Å². The van der Waals surface area contributed by atoms with Crippen LogP contribution in [0.4, 0.5) is 0 Å². The number of hydrogen-bond donors (Lipinski definition) is 1. The molecule has 142 valence electrons. The molecule has 2 unspecified atom stereocenters. The lowest BCUT2D eigenvalue weighted by atomic mass is 9.82. The lowest BCUT2D eigenvalue weighted by molar-refractivity contribution is -0.136. The second-order valence-electron chi connectivity index (χ2n) is 7.90. The lowest BCUT2D eigenvalue weighted by Gasteiger charge is -2.36. The van der Waals surface area contributed by atoms with Crippen molar-refractivity contribution in [3.05, 3.63) is 23.8 Å². The number of likely N-dealkylation sites (tertiary alicyclic amines) is 1. The molecule has 0 spiro atoms. The van der Waals surface area contributed by atoms with Gasteiger partial charge in [0.1, 0.15) is 13.2 Å². The van der Waals surface area contributed by atoms with E-state index in [4.69, 9.17) is 9.47 Å². The number of hydrogen-bond acceptors (Lipinski definition) is 4. The van der Waals surface area contributed by atoms with Gasteiger partial charge in [-0.1, -0.05) is 18.9 Å². The average molecular weight is 359 g/mol. The topological polar surface area (TPSA) is 59.0 Å². The molecule has 1 aliphatic carbocycles. The number of piperidine rings is 1. The number of benzene rings is 1. The molecule has 1 aromatic carbocycles. The van der Waals surface area contributed by atoms with Gasteiger partial charge in [-0.05, 0) is 55.2 Å². The minimum absolute atomic E-state index is 0.106. The Morgan fingerprint density at radius 3 is 2.65 bits per heavy atom. The predicted molar refractivity (Wildman–Crippen MR) is 98.5 cm³/mol. The molecule has 1 amide bonds. The molecule has 5 heteroatoms. The molecule has 0 bridgehead atoms. The summed E-state index contributed by atoms with van der Waals surface area (Å²) in [5.41, 5.74) is 1.05. The Kier molecular flexibility index (Phi) is 5.34. The molecular formula is C21H29NO4. The number of rotatable bonds is 4. The van der Waals surface area contributed by atoms with Crippen LogP contribution in [0.15, 0.2) is 18.2 Å². The quantitative estimate of drug-likeness (QED) is 0.898. The second-order valence-corrected chi connectivity index (χ2v) is 7.90. The van der Waals surface area contributed by atoms with E-state index in [9.17, 15) is 9.90 Å². The van der Waals surface area contributed by atoms with Gasteiger partial charge in [-0.25, -0.2) is 0 Å². The van der Waals surface area contributed by atoms with Gasteiger partial charge in [0.2, 0.25) is 5.91 Å². The van der Waals surface area contributed by atoms with E-state index in [1.54, 1.807) is 0 Å². The fraction of sp³-hybridized carbons (Fsp3) is 0.667. The van der Waals surface area contributed by atoms with Crippen molar-refractivity contribution in [3.63, 3.8) is 0 Å². The highest BCUT2D eigenvalue weighted by atomic mass is 16.6. The smallest absolute Gasteiger partial charge is 0.230 e. The summed E-state index contributed by atoms with van der Waals surface area (Å²) in [5, 5.41) is 9.52. The molecule has 4 rings (SSSR count). The average Bonchev–Trinajstić information content (AvgIpc) is 3.22. The monoisotopic (exact) mass is 359 g/mol. The summed E-state index contributed by atoms with van der Waals surface area (Å²) in [6, 6.07) is 6.01. The Hall–Kier alpha value is -1.75. The zero-order chi connectivity index (χ0) is 17.9. The van der Waals surface area contributed by atoms with Crippen molar-refractivity contribution in [3.8, 4) is 11.5 Å². The zero-order valence-corrected chi connectivity index (χ0v) is 15.4. The summed E-state index contributed by atoms with van der Waals surface area (Å²) in [6.45, 7) is 2.80. The van der Waals surface area contributed by atoms with Gasteiger partial charge in [0, 0.05) is 19.7 Å². The molecule has 0 aromatic heterocycles. The van der Waals surface area contributed by atoms with E-state index >= 15 is 0 Å². The Morgan fingerprint density at radius 2 is 1.88 bits per heavy atom. The number of carbonyl (C=O) groups is 1. The molecule has 2 fully saturated rings. The number of aliphatic hydroxyl groups excluding tert-OH is 1. The van der Waals surface area contributed by atoms with Crippen molar-refractivity contribution < 1.29 is 19.4 Å². The molecule has 5 nitrogen and oxygen atoms in total. The van der Waals surface area contributed by atoms with Crippen molar-refractivity contribution >= 4 is 5.91 Å². The highest BCUT2D eigenvalue weighted by Crippen LogP contribution is 2.42. The van der Waals surface area contributed by atoms with Crippen LogP contribution in [0.25, 0.3) is 0 Å². The molecule has 3 aliphatic rings. The third-order valence-electron chi connectivity index (χ3n) is 6.15. The number of carbonyl (C=O) groups excluding carboxylic acids is 1. The number of ether oxygens (including phenoxy) is 2. The maximum Gasteiger partial charge on any atom is 0.230 e. The van der Waals surface area contributed by atoms with E-state index in [0.717, 1.165) is 49.3 Å². The molecule has 2 atom stereocenters. The molecular weight excluding hydrogens is 330 g/mol. The maximum absolute atomic E-state index is 13.5. The van der Waals surface area contributed by atoms with Crippen molar-refractivity contribution in [1.29, 1.82) is 0 Å². The molecule has 2 heterocycles. The standard InChI is InChI=1S/C21H29NO4/c23-14-15-4-3-9-22(13-15)21(24)20(16-5-1-2-6-16)17-7-8-18-19(12-17)26-11-10-25-18/h7-8,12,15-16,20,23H,1-6,9-11,13-14H2. The first-order valence-corrected chi connectivity index (χ1v) is 10.1. The van der Waals surface area contributed by atoms with Gasteiger partial charge in [0.15, 0.2) is 11.5 Å². The third kappa shape index (κ3) is 3.54. The fourth-order valence-corrected chi connectivity index (χ4v) is 4.77. The van der Waals surface area contributed by atoms with E-state index in [2.05, 4.69) is 0 Å². The minimum Gasteiger partial charge on any atom is -0.486 e. The van der Waals surface area contributed by atoms with Gasteiger partial charge >= 0.3 is 0 Å². The molecule has 26 heavy (non-hydrogen) atoms. The summed E-state index contributed by atoms with van der Waals surface area (Å²) in [7, 11) is 0. The number of nitrogens with zero attached hydrogens (tertiary/aromatic N) is 1. The number of aliphatic hydroxyl groups is 1. The Morgan fingerprint density at radius 1 is 1.12 bits per heavy atom. The van der Waals surface area contributed by atoms with Crippen molar-refractivity contribution in [1.82, 2.24) is 4.90 Å². The summed E-state index contributed by atoms with van der Waals surface area (Å²) >= 11 is 0. The number of fused-ring (bicyclic) bond motifs is 1. The van der Waals surface area contributed by atoms with Crippen LogP contribution in [0.3, 0.4) is 0 Å². The lowest BCUT2D eigenvalue weighted by Crippen LogP contribution is -2.44. The SMILES string of the molecule is O=C(C(c1ccc2c(c1)OCCO2)C1CCCC1)N1CCCC(CO)C1. The van der Waals surface area contributed by atoms with Gasteiger partial charge in [-0.2, -0.15) is 0 Å². The van der Waals surface area contributed by atoms with Crippen LogP contribution >= 0.6 is 0 Å². The van der Waals surface area contributed by atoms with Crippen LogP contribution in [0.1, 0.15) is 50.0 Å². The molecule has 1 saturated carbocycles. The van der Waals surface area contributed by atoms with Crippen molar-refractivity contribution in [2.45, 2.75) is 44.4 Å². The van der Waals surface area contributed by atoms with Crippen LogP contribution in [0.5, 0.6) is 11.5 Å².